The van der Waals surface area contributed by atoms with Gasteiger partial charge in [0.05, 0.1) is 30.0 Å². The summed E-state index contributed by atoms with van der Waals surface area (Å²) in [5.74, 6) is -0.994. The van der Waals surface area contributed by atoms with Gasteiger partial charge in [0.2, 0.25) is 0 Å². The number of halogens is 3. The normalized spacial score (nSPS) is 12.7. The third kappa shape index (κ3) is 3.63. The number of fused-ring (bicyclic) bond motifs is 1. The number of anilines is 1. The summed E-state index contributed by atoms with van der Waals surface area (Å²) in [4.78, 5) is 25.3. The van der Waals surface area contributed by atoms with Crippen LogP contribution in [0.5, 0.6) is 0 Å². The highest BCUT2D eigenvalue weighted by atomic mass is 19.4. The second kappa shape index (κ2) is 7.83. The summed E-state index contributed by atoms with van der Waals surface area (Å²) >= 11 is 0. The minimum atomic E-state index is -4.64. The average molecular weight is 420 g/mol. The van der Waals surface area contributed by atoms with Gasteiger partial charge in [0, 0.05) is 11.1 Å². The molecule has 1 heterocycles. The summed E-state index contributed by atoms with van der Waals surface area (Å²) in [5, 5.41) is 10.1. The van der Waals surface area contributed by atoms with Crippen molar-refractivity contribution in [1.29, 1.82) is 0 Å². The van der Waals surface area contributed by atoms with Crippen LogP contribution in [0.25, 0.3) is 16.6 Å². The van der Waals surface area contributed by atoms with Crippen LogP contribution < -0.4 is 11.3 Å². The minimum Gasteiger partial charge on any atom is -0.465 e. The van der Waals surface area contributed by atoms with Crippen molar-refractivity contribution in [3.05, 3.63) is 69.5 Å². The van der Waals surface area contributed by atoms with Crippen LogP contribution in [-0.2, 0) is 10.9 Å². The summed E-state index contributed by atoms with van der Waals surface area (Å²) in [6.45, 7) is 1.79. The fraction of sp³-hybridized carbons (Fsp3) is 0.238. The third-order valence-corrected chi connectivity index (χ3v) is 4.85. The van der Waals surface area contributed by atoms with E-state index < -0.39 is 34.9 Å². The van der Waals surface area contributed by atoms with E-state index in [2.05, 4.69) is 4.74 Å². The number of rotatable bonds is 4. The Bertz CT molecular complexity index is 1170. The van der Waals surface area contributed by atoms with Gasteiger partial charge in [-0.2, -0.15) is 13.2 Å². The molecule has 0 amide bonds. The number of carbonyl (C=O) groups is 1. The molecule has 1 atom stereocenters. The first-order valence-corrected chi connectivity index (χ1v) is 9.02. The molecule has 0 aliphatic carbocycles. The number of aliphatic hydroxyl groups is 1. The SMILES string of the molecule is CCC(O)c1ccc(-n2c(=O)c(C(=O)OC)c(N)c3ccc(C(F)(F)F)cc32)cc1. The van der Waals surface area contributed by atoms with Crippen molar-refractivity contribution in [2.24, 2.45) is 0 Å². The number of nitrogen functional groups attached to an aromatic ring is 1. The Kier molecular flexibility index (Phi) is 5.58. The number of carbonyl (C=O) groups excluding carboxylic acids is 1. The van der Waals surface area contributed by atoms with Crippen molar-refractivity contribution < 1.29 is 27.8 Å². The zero-order valence-electron chi connectivity index (χ0n) is 16.2. The quantitative estimate of drug-likeness (QED) is 0.626. The molecule has 9 heteroatoms. The maximum atomic E-state index is 13.3. The van der Waals surface area contributed by atoms with Crippen LogP contribution in [0.1, 0.15) is 40.9 Å². The average Bonchev–Trinajstić information content (AvgIpc) is 2.72. The topological polar surface area (TPSA) is 94.5 Å². The fourth-order valence-corrected chi connectivity index (χ4v) is 3.23. The molecule has 0 radical (unpaired) electrons. The molecule has 0 aliphatic rings. The lowest BCUT2D eigenvalue weighted by Gasteiger charge is -2.17. The van der Waals surface area contributed by atoms with Crippen molar-refractivity contribution in [2.75, 3.05) is 12.8 Å². The molecule has 0 spiro atoms. The van der Waals surface area contributed by atoms with Crippen LogP contribution in [-0.4, -0.2) is 22.8 Å². The zero-order chi connectivity index (χ0) is 22.2. The number of esters is 1. The second-order valence-corrected chi connectivity index (χ2v) is 6.67. The molecule has 0 aliphatic heterocycles. The van der Waals surface area contributed by atoms with Gasteiger partial charge in [-0.1, -0.05) is 25.1 Å². The lowest BCUT2D eigenvalue weighted by atomic mass is 10.0. The maximum absolute atomic E-state index is 13.3. The molecule has 6 nitrogen and oxygen atoms in total. The monoisotopic (exact) mass is 420 g/mol. The highest BCUT2D eigenvalue weighted by Crippen LogP contribution is 2.34. The van der Waals surface area contributed by atoms with E-state index in [1.807, 2.05) is 0 Å². The predicted octanol–water partition coefficient (Wildman–Crippen LogP) is 3.82. The van der Waals surface area contributed by atoms with Gasteiger partial charge in [-0.15, -0.1) is 0 Å². The van der Waals surface area contributed by atoms with Crippen LogP contribution in [0.15, 0.2) is 47.3 Å². The molecule has 3 aromatic rings. The predicted molar refractivity (Wildman–Crippen MR) is 106 cm³/mol. The Morgan fingerprint density at radius 1 is 1.20 bits per heavy atom. The largest absolute Gasteiger partial charge is 0.465 e. The first-order valence-electron chi connectivity index (χ1n) is 9.02. The summed E-state index contributed by atoms with van der Waals surface area (Å²) in [6.07, 6.45) is -4.90. The van der Waals surface area contributed by atoms with Crippen LogP contribution in [0, 0.1) is 0 Å². The van der Waals surface area contributed by atoms with Gasteiger partial charge in [-0.05, 0) is 36.2 Å². The zero-order valence-corrected chi connectivity index (χ0v) is 16.2. The van der Waals surface area contributed by atoms with Crippen molar-refractivity contribution in [3.63, 3.8) is 0 Å². The molecular weight excluding hydrogens is 401 g/mol. The highest BCUT2D eigenvalue weighted by molar-refractivity contribution is 6.04. The van der Waals surface area contributed by atoms with Gasteiger partial charge < -0.3 is 15.6 Å². The van der Waals surface area contributed by atoms with E-state index >= 15 is 0 Å². The number of methoxy groups -OCH3 is 1. The number of pyridine rings is 1. The van der Waals surface area contributed by atoms with Crippen LogP contribution in [0.3, 0.4) is 0 Å². The minimum absolute atomic E-state index is 0.0978. The maximum Gasteiger partial charge on any atom is 0.416 e. The fourth-order valence-electron chi connectivity index (χ4n) is 3.23. The molecule has 0 saturated heterocycles. The summed E-state index contributed by atoms with van der Waals surface area (Å²) < 4.78 is 45.4. The van der Waals surface area contributed by atoms with Crippen molar-refractivity contribution in [2.45, 2.75) is 25.6 Å². The smallest absolute Gasteiger partial charge is 0.416 e. The van der Waals surface area contributed by atoms with E-state index in [0.29, 0.717) is 12.0 Å². The molecule has 3 rings (SSSR count). The Labute approximate surface area is 169 Å². The number of hydrogen-bond donors (Lipinski definition) is 2. The summed E-state index contributed by atoms with van der Waals surface area (Å²) in [5.41, 5.74) is 4.04. The van der Waals surface area contributed by atoms with Gasteiger partial charge in [-0.3, -0.25) is 9.36 Å². The number of benzene rings is 2. The molecule has 1 aromatic heterocycles. The van der Waals surface area contributed by atoms with Gasteiger partial charge in [-0.25, -0.2) is 4.79 Å². The lowest BCUT2D eigenvalue weighted by Crippen LogP contribution is -2.28. The molecule has 0 fully saturated rings. The number of hydrogen-bond acceptors (Lipinski definition) is 5. The molecule has 3 N–H and O–H groups in total. The molecule has 2 aromatic carbocycles. The van der Waals surface area contributed by atoms with E-state index in [-0.39, 0.29) is 22.3 Å². The van der Waals surface area contributed by atoms with Gasteiger partial charge >= 0.3 is 12.1 Å². The third-order valence-electron chi connectivity index (χ3n) is 4.85. The van der Waals surface area contributed by atoms with E-state index in [1.54, 1.807) is 19.1 Å². The number of nitrogens with two attached hydrogens (primary N) is 1. The Morgan fingerprint density at radius 3 is 2.37 bits per heavy atom. The van der Waals surface area contributed by atoms with E-state index in [0.717, 1.165) is 29.9 Å². The molecule has 158 valence electrons. The van der Waals surface area contributed by atoms with Crippen LogP contribution in [0.4, 0.5) is 18.9 Å². The van der Waals surface area contributed by atoms with Crippen LogP contribution in [0.2, 0.25) is 0 Å². The Hall–Kier alpha value is -3.33. The second-order valence-electron chi connectivity index (χ2n) is 6.67. The first-order chi connectivity index (χ1) is 14.1. The van der Waals surface area contributed by atoms with Crippen molar-refractivity contribution in [3.8, 4) is 5.69 Å². The number of alkyl halides is 3. The Morgan fingerprint density at radius 2 is 1.83 bits per heavy atom. The number of nitrogens with zero attached hydrogens (tertiary/aromatic N) is 1. The van der Waals surface area contributed by atoms with Crippen LogP contribution >= 0.6 is 0 Å². The molecule has 30 heavy (non-hydrogen) atoms. The molecule has 1 unspecified atom stereocenters. The van der Waals surface area contributed by atoms with E-state index in [4.69, 9.17) is 5.73 Å². The summed E-state index contributed by atoms with van der Waals surface area (Å²) in [6, 6.07) is 8.83. The molecule has 0 bridgehead atoms. The molecule has 0 saturated carbocycles. The molecular formula is C21H19F3N2O4. The van der Waals surface area contributed by atoms with Gasteiger partial charge in [0.1, 0.15) is 5.56 Å². The van der Waals surface area contributed by atoms with E-state index in [1.165, 1.54) is 12.1 Å². The first kappa shape index (κ1) is 21.4. The summed E-state index contributed by atoms with van der Waals surface area (Å²) in [7, 11) is 1.07. The number of aromatic nitrogens is 1. The lowest BCUT2D eigenvalue weighted by molar-refractivity contribution is -0.137. The van der Waals surface area contributed by atoms with Crippen molar-refractivity contribution >= 4 is 22.6 Å². The number of ether oxygens (including phenoxy) is 1. The Balaban J connectivity index is 2.39. The standard InChI is InChI=1S/C21H19F3N2O4/c1-3-16(27)11-4-7-13(8-5-11)26-15-10-12(21(22,23)24)6-9-14(15)18(25)17(19(26)28)20(29)30-2/h4-10,16,27H,3,25H2,1-2H3. The van der Waals surface area contributed by atoms with Gasteiger partial charge in [0.25, 0.3) is 5.56 Å². The van der Waals surface area contributed by atoms with E-state index in [9.17, 15) is 27.9 Å². The highest BCUT2D eigenvalue weighted by Gasteiger charge is 2.32. The van der Waals surface area contributed by atoms with Gasteiger partial charge in [0.15, 0.2) is 0 Å². The van der Waals surface area contributed by atoms with Crippen molar-refractivity contribution in [1.82, 2.24) is 4.57 Å². The number of aliphatic hydroxyl groups excluding tert-OH is 1.